The highest BCUT2D eigenvalue weighted by atomic mass is 19.1. The van der Waals surface area contributed by atoms with E-state index < -0.39 is 0 Å². The molecule has 3 rings (SSSR count). The Hall–Kier alpha value is -2.53. The second-order valence-corrected chi connectivity index (χ2v) is 5.78. The molecule has 0 saturated heterocycles. The first kappa shape index (κ1) is 16.3. The molecule has 2 aromatic rings. The van der Waals surface area contributed by atoms with Crippen molar-refractivity contribution < 1.29 is 14.0 Å². The number of nitrogens with zero attached hydrogens (tertiary/aromatic N) is 1. The molecule has 1 aliphatic rings. The molecule has 4 nitrogen and oxygen atoms in total. The van der Waals surface area contributed by atoms with Gasteiger partial charge in [-0.25, -0.2) is 4.39 Å². The van der Waals surface area contributed by atoms with Gasteiger partial charge in [-0.1, -0.05) is 30.3 Å². The van der Waals surface area contributed by atoms with Gasteiger partial charge in [-0.2, -0.15) is 0 Å². The molecule has 0 aliphatic carbocycles. The Labute approximate surface area is 140 Å². The minimum Gasteiger partial charge on any atom is -0.313 e. The molecule has 24 heavy (non-hydrogen) atoms. The fraction of sp³-hybridized carbons (Fsp3) is 0.263. The Morgan fingerprint density at radius 2 is 1.50 bits per heavy atom. The largest absolute Gasteiger partial charge is 0.313 e. The fourth-order valence-corrected chi connectivity index (χ4v) is 2.83. The molecule has 2 amide bonds. The molecule has 0 bridgehead atoms. The number of carbonyl (C=O) groups excluding carboxylic acids is 2. The van der Waals surface area contributed by atoms with Gasteiger partial charge in [0.1, 0.15) is 5.82 Å². The summed E-state index contributed by atoms with van der Waals surface area (Å²) < 4.78 is 13.5. The van der Waals surface area contributed by atoms with Crippen LogP contribution >= 0.6 is 0 Å². The van der Waals surface area contributed by atoms with Gasteiger partial charge in [0.15, 0.2) is 0 Å². The van der Waals surface area contributed by atoms with Gasteiger partial charge in [-0.3, -0.25) is 14.5 Å². The van der Waals surface area contributed by atoms with Crippen molar-refractivity contribution in [1.29, 1.82) is 0 Å². The van der Waals surface area contributed by atoms with Gasteiger partial charge in [0, 0.05) is 18.7 Å². The number of rotatable bonds is 7. The normalized spacial score (nSPS) is 13.5. The zero-order valence-electron chi connectivity index (χ0n) is 13.3. The van der Waals surface area contributed by atoms with Gasteiger partial charge in [0.25, 0.3) is 11.8 Å². The third kappa shape index (κ3) is 3.36. The predicted molar refractivity (Wildman–Crippen MR) is 89.1 cm³/mol. The van der Waals surface area contributed by atoms with E-state index in [-0.39, 0.29) is 17.6 Å². The maximum Gasteiger partial charge on any atom is 0.261 e. The van der Waals surface area contributed by atoms with Crippen molar-refractivity contribution in [2.45, 2.75) is 19.4 Å². The van der Waals surface area contributed by atoms with Gasteiger partial charge in [-0.05, 0) is 37.6 Å². The summed E-state index contributed by atoms with van der Waals surface area (Å²) in [4.78, 5) is 25.7. The summed E-state index contributed by atoms with van der Waals surface area (Å²) in [7, 11) is 0. The van der Waals surface area contributed by atoms with Crippen LogP contribution in [-0.4, -0.2) is 29.8 Å². The van der Waals surface area contributed by atoms with E-state index in [0.29, 0.717) is 36.3 Å². The number of nitrogens with one attached hydrogen (secondary N) is 1. The van der Waals surface area contributed by atoms with Crippen molar-refractivity contribution in [2.24, 2.45) is 0 Å². The predicted octanol–water partition coefficient (Wildman–Crippen LogP) is 2.99. The molecule has 0 unspecified atom stereocenters. The minimum absolute atomic E-state index is 0.212. The van der Waals surface area contributed by atoms with Crippen LogP contribution in [0.1, 0.15) is 39.1 Å². The van der Waals surface area contributed by atoms with Gasteiger partial charge in [0.2, 0.25) is 0 Å². The van der Waals surface area contributed by atoms with Crippen LogP contribution in [0.25, 0.3) is 0 Å². The molecule has 0 radical (unpaired) electrons. The van der Waals surface area contributed by atoms with Crippen molar-refractivity contribution in [3.05, 3.63) is 71.0 Å². The first-order valence-electron chi connectivity index (χ1n) is 8.08. The van der Waals surface area contributed by atoms with E-state index in [0.717, 1.165) is 12.8 Å². The highest BCUT2D eigenvalue weighted by Gasteiger charge is 2.34. The Morgan fingerprint density at radius 3 is 2.17 bits per heavy atom. The van der Waals surface area contributed by atoms with Crippen LogP contribution in [0, 0.1) is 5.82 Å². The molecule has 1 N–H and O–H groups in total. The SMILES string of the molecule is O=C1c2ccccc2C(=O)N1CCCCNCc1ccccc1F. The van der Waals surface area contributed by atoms with E-state index in [9.17, 15) is 14.0 Å². The van der Waals surface area contributed by atoms with Crippen molar-refractivity contribution in [3.63, 3.8) is 0 Å². The summed E-state index contributed by atoms with van der Waals surface area (Å²) in [5.41, 5.74) is 1.61. The van der Waals surface area contributed by atoms with Crippen LogP contribution in [0.15, 0.2) is 48.5 Å². The molecule has 0 atom stereocenters. The summed E-state index contributed by atoms with van der Waals surface area (Å²) >= 11 is 0. The molecule has 0 aromatic heterocycles. The number of carbonyl (C=O) groups is 2. The molecular weight excluding hydrogens is 307 g/mol. The first-order valence-corrected chi connectivity index (χ1v) is 8.08. The lowest BCUT2D eigenvalue weighted by Crippen LogP contribution is -2.31. The maximum atomic E-state index is 13.5. The second-order valence-electron chi connectivity index (χ2n) is 5.78. The minimum atomic E-state index is -0.213. The third-order valence-corrected chi connectivity index (χ3v) is 4.14. The average molecular weight is 326 g/mol. The number of hydrogen-bond donors (Lipinski definition) is 1. The number of benzene rings is 2. The summed E-state index contributed by atoms with van der Waals surface area (Å²) in [6.45, 7) is 1.59. The van der Waals surface area contributed by atoms with E-state index in [1.54, 1.807) is 36.4 Å². The van der Waals surface area contributed by atoms with Gasteiger partial charge in [0.05, 0.1) is 11.1 Å². The Balaban J connectivity index is 1.41. The molecule has 0 spiro atoms. The van der Waals surface area contributed by atoms with Crippen LogP contribution in [0.2, 0.25) is 0 Å². The molecule has 124 valence electrons. The monoisotopic (exact) mass is 326 g/mol. The van der Waals surface area contributed by atoms with E-state index in [4.69, 9.17) is 0 Å². The summed E-state index contributed by atoms with van der Waals surface area (Å²) in [6, 6.07) is 13.6. The molecule has 2 aromatic carbocycles. The van der Waals surface area contributed by atoms with E-state index in [1.165, 1.54) is 11.0 Å². The highest BCUT2D eigenvalue weighted by Crippen LogP contribution is 2.22. The molecule has 0 fully saturated rings. The van der Waals surface area contributed by atoms with Gasteiger partial charge < -0.3 is 5.32 Å². The highest BCUT2D eigenvalue weighted by molar-refractivity contribution is 6.21. The van der Waals surface area contributed by atoms with Gasteiger partial charge in [-0.15, -0.1) is 0 Å². The van der Waals surface area contributed by atoms with Crippen molar-refractivity contribution in [1.82, 2.24) is 10.2 Å². The quantitative estimate of drug-likeness (QED) is 0.628. The lowest BCUT2D eigenvalue weighted by molar-refractivity contribution is 0.0651. The number of fused-ring (bicyclic) bond motifs is 1. The zero-order chi connectivity index (χ0) is 16.9. The van der Waals surface area contributed by atoms with Crippen molar-refractivity contribution in [3.8, 4) is 0 Å². The maximum absolute atomic E-state index is 13.5. The Morgan fingerprint density at radius 1 is 0.875 bits per heavy atom. The van der Waals surface area contributed by atoms with Crippen molar-refractivity contribution in [2.75, 3.05) is 13.1 Å². The second kappa shape index (κ2) is 7.36. The van der Waals surface area contributed by atoms with Crippen LogP contribution in [-0.2, 0) is 6.54 Å². The molecule has 1 heterocycles. The number of unbranched alkanes of at least 4 members (excludes halogenated alkanes) is 1. The number of hydrogen-bond acceptors (Lipinski definition) is 3. The molecule has 5 heteroatoms. The topological polar surface area (TPSA) is 49.4 Å². The van der Waals surface area contributed by atoms with E-state index >= 15 is 0 Å². The smallest absolute Gasteiger partial charge is 0.261 e. The summed E-state index contributed by atoms with van der Waals surface area (Å²) in [6.07, 6.45) is 1.53. The van der Waals surface area contributed by atoms with Gasteiger partial charge >= 0.3 is 0 Å². The summed E-state index contributed by atoms with van der Waals surface area (Å²) in [5.74, 6) is -0.638. The van der Waals surface area contributed by atoms with E-state index in [2.05, 4.69) is 5.32 Å². The number of halogens is 1. The molecular formula is C19H19FN2O2. The lowest BCUT2D eigenvalue weighted by Gasteiger charge is -2.13. The molecule has 1 aliphatic heterocycles. The van der Waals surface area contributed by atoms with Crippen LogP contribution in [0.4, 0.5) is 4.39 Å². The Kier molecular flexibility index (Phi) is 5.01. The van der Waals surface area contributed by atoms with Crippen LogP contribution in [0.5, 0.6) is 0 Å². The van der Waals surface area contributed by atoms with Crippen LogP contribution in [0.3, 0.4) is 0 Å². The zero-order valence-corrected chi connectivity index (χ0v) is 13.3. The number of amides is 2. The first-order chi connectivity index (χ1) is 11.7. The Bertz CT molecular complexity index is 726. The molecule has 0 saturated carbocycles. The number of imide groups is 1. The average Bonchev–Trinajstić information content (AvgIpc) is 2.84. The lowest BCUT2D eigenvalue weighted by atomic mass is 10.1. The van der Waals surface area contributed by atoms with E-state index in [1.807, 2.05) is 6.07 Å². The van der Waals surface area contributed by atoms with Crippen molar-refractivity contribution >= 4 is 11.8 Å². The fourth-order valence-electron chi connectivity index (χ4n) is 2.83. The third-order valence-electron chi connectivity index (χ3n) is 4.14. The summed E-state index contributed by atoms with van der Waals surface area (Å²) in [5, 5.41) is 3.18. The van der Waals surface area contributed by atoms with Crippen LogP contribution < -0.4 is 5.32 Å². The standard InChI is InChI=1S/C19H19FN2O2/c20-17-10-4-1-7-14(17)13-21-11-5-6-12-22-18(23)15-8-2-3-9-16(15)19(22)24/h1-4,7-10,21H,5-6,11-13H2.